The zero-order valence-corrected chi connectivity index (χ0v) is 14.2. The molecule has 0 aromatic heterocycles. The largest absolute Gasteiger partial charge is 0.343 e. The van der Waals surface area contributed by atoms with Crippen LogP contribution in [0.2, 0.25) is 0 Å². The van der Waals surface area contributed by atoms with Crippen molar-refractivity contribution in [2.45, 2.75) is 5.75 Å². The van der Waals surface area contributed by atoms with Gasteiger partial charge in [-0.3, -0.25) is 9.59 Å². The van der Waals surface area contributed by atoms with Crippen molar-refractivity contribution in [3.63, 3.8) is 0 Å². The predicted molar refractivity (Wildman–Crippen MR) is 99.0 cm³/mol. The molecule has 122 valence electrons. The van der Waals surface area contributed by atoms with Crippen LogP contribution in [0.5, 0.6) is 0 Å². The van der Waals surface area contributed by atoms with Gasteiger partial charge in [0.1, 0.15) is 0 Å². The molecule has 2 N–H and O–H groups in total. The van der Waals surface area contributed by atoms with Crippen LogP contribution in [0, 0.1) is 12.3 Å². The molecule has 0 saturated carbocycles. The molecule has 2 rings (SSSR count). The van der Waals surface area contributed by atoms with Crippen LogP contribution in [-0.2, 0) is 10.5 Å². The maximum absolute atomic E-state index is 12.0. The number of thioether (sulfide) groups is 1. The number of hydrogen-bond donors (Lipinski definition) is 2. The van der Waals surface area contributed by atoms with E-state index in [2.05, 4.69) is 16.6 Å². The number of amides is 2. The Morgan fingerprint density at radius 1 is 1.17 bits per heavy atom. The highest BCUT2D eigenvalue weighted by Crippen LogP contribution is 2.11. The molecule has 0 heterocycles. The van der Waals surface area contributed by atoms with Gasteiger partial charge in [0.15, 0.2) is 0 Å². The van der Waals surface area contributed by atoms with Crippen LogP contribution in [0.3, 0.4) is 0 Å². The van der Waals surface area contributed by atoms with Gasteiger partial charge in [-0.1, -0.05) is 24.1 Å². The molecule has 0 spiro atoms. The van der Waals surface area contributed by atoms with Gasteiger partial charge in [0.2, 0.25) is 5.91 Å². The fourth-order valence-electron chi connectivity index (χ4n) is 2.07. The monoisotopic (exact) mass is 338 g/mol. The van der Waals surface area contributed by atoms with E-state index in [1.165, 1.54) is 0 Å². The summed E-state index contributed by atoms with van der Waals surface area (Å²) in [5, 5.41) is 5.30. The molecule has 24 heavy (non-hydrogen) atoms. The SMILES string of the molecule is C#Cc1cccc(NC(=O)CNC(=O)c2ccc(CSC)cc2)c1. The van der Waals surface area contributed by atoms with Crippen molar-refractivity contribution in [3.05, 3.63) is 65.2 Å². The van der Waals surface area contributed by atoms with E-state index >= 15 is 0 Å². The van der Waals surface area contributed by atoms with Crippen molar-refractivity contribution in [2.75, 3.05) is 18.1 Å². The third-order valence-electron chi connectivity index (χ3n) is 3.25. The van der Waals surface area contributed by atoms with Gasteiger partial charge in [-0.2, -0.15) is 11.8 Å². The lowest BCUT2D eigenvalue weighted by Crippen LogP contribution is -2.32. The van der Waals surface area contributed by atoms with E-state index in [9.17, 15) is 9.59 Å². The van der Waals surface area contributed by atoms with Gasteiger partial charge in [-0.15, -0.1) is 6.42 Å². The van der Waals surface area contributed by atoms with Crippen molar-refractivity contribution >= 4 is 29.3 Å². The number of anilines is 1. The summed E-state index contributed by atoms with van der Waals surface area (Å²) in [6.07, 6.45) is 7.35. The van der Waals surface area contributed by atoms with Crippen LogP contribution in [0.1, 0.15) is 21.5 Å². The number of carbonyl (C=O) groups is 2. The highest BCUT2D eigenvalue weighted by molar-refractivity contribution is 7.97. The maximum Gasteiger partial charge on any atom is 0.251 e. The Kier molecular flexibility index (Phi) is 6.47. The zero-order chi connectivity index (χ0) is 17.4. The van der Waals surface area contributed by atoms with Crippen LogP contribution in [0.15, 0.2) is 48.5 Å². The van der Waals surface area contributed by atoms with E-state index in [0.717, 1.165) is 11.3 Å². The van der Waals surface area contributed by atoms with E-state index < -0.39 is 0 Å². The molecule has 5 heteroatoms. The Hall–Kier alpha value is -2.71. The highest BCUT2D eigenvalue weighted by atomic mass is 32.2. The molecular weight excluding hydrogens is 320 g/mol. The number of carbonyl (C=O) groups excluding carboxylic acids is 2. The third kappa shape index (κ3) is 5.18. The Bertz CT molecular complexity index is 764. The highest BCUT2D eigenvalue weighted by Gasteiger charge is 2.08. The minimum atomic E-state index is -0.309. The van der Waals surface area contributed by atoms with E-state index in [1.54, 1.807) is 48.2 Å². The van der Waals surface area contributed by atoms with Crippen molar-refractivity contribution < 1.29 is 9.59 Å². The molecule has 0 fully saturated rings. The Balaban J connectivity index is 1.86. The van der Waals surface area contributed by atoms with Crippen molar-refractivity contribution in [1.82, 2.24) is 5.32 Å². The number of nitrogens with one attached hydrogen (secondary N) is 2. The summed E-state index contributed by atoms with van der Waals surface area (Å²) in [5.74, 6) is 2.82. The molecular formula is C19H18N2O2S. The molecule has 2 aromatic carbocycles. The predicted octanol–water partition coefficient (Wildman–Crippen LogP) is 2.90. The number of terminal acetylenes is 1. The summed E-state index contributed by atoms with van der Waals surface area (Å²) in [6.45, 7) is -0.105. The number of rotatable bonds is 6. The van der Waals surface area contributed by atoms with E-state index in [1.807, 2.05) is 18.4 Å². The zero-order valence-electron chi connectivity index (χ0n) is 13.3. The molecule has 0 saturated heterocycles. The van der Waals surface area contributed by atoms with E-state index in [-0.39, 0.29) is 18.4 Å². The third-order valence-corrected chi connectivity index (χ3v) is 3.87. The van der Waals surface area contributed by atoms with Crippen LogP contribution in [0.4, 0.5) is 5.69 Å². The normalized spacial score (nSPS) is 9.83. The van der Waals surface area contributed by atoms with Crippen molar-refractivity contribution in [2.24, 2.45) is 0 Å². The van der Waals surface area contributed by atoms with Crippen LogP contribution < -0.4 is 10.6 Å². The first-order valence-electron chi connectivity index (χ1n) is 7.35. The fourth-order valence-corrected chi connectivity index (χ4v) is 2.60. The van der Waals surface area contributed by atoms with Gasteiger partial charge in [0.25, 0.3) is 5.91 Å². The average molecular weight is 338 g/mol. The summed E-state index contributed by atoms with van der Waals surface area (Å²) in [4.78, 5) is 24.0. The second-order valence-corrected chi connectivity index (χ2v) is 5.95. The summed E-state index contributed by atoms with van der Waals surface area (Å²) >= 11 is 1.72. The van der Waals surface area contributed by atoms with Crippen LogP contribution >= 0.6 is 11.8 Å². The van der Waals surface area contributed by atoms with Crippen molar-refractivity contribution in [1.29, 1.82) is 0 Å². The topological polar surface area (TPSA) is 58.2 Å². The smallest absolute Gasteiger partial charge is 0.251 e. The lowest BCUT2D eigenvalue weighted by Gasteiger charge is -2.08. The standard InChI is InChI=1S/C19H18N2O2S/c1-3-14-5-4-6-17(11-14)21-18(22)12-20-19(23)16-9-7-15(8-10-16)13-24-2/h1,4-11H,12-13H2,2H3,(H,20,23)(H,21,22). The first-order chi connectivity index (χ1) is 11.6. The second kappa shape index (κ2) is 8.80. The summed E-state index contributed by atoms with van der Waals surface area (Å²) in [7, 11) is 0. The molecule has 0 aliphatic heterocycles. The second-order valence-electron chi connectivity index (χ2n) is 5.09. The fraction of sp³-hybridized carbons (Fsp3) is 0.158. The Morgan fingerprint density at radius 3 is 2.58 bits per heavy atom. The van der Waals surface area contributed by atoms with Gasteiger partial charge in [-0.25, -0.2) is 0 Å². The van der Waals surface area contributed by atoms with Crippen LogP contribution in [-0.4, -0.2) is 24.6 Å². The average Bonchev–Trinajstić information content (AvgIpc) is 2.61. The number of hydrogen-bond acceptors (Lipinski definition) is 3. The molecule has 0 aliphatic rings. The Morgan fingerprint density at radius 2 is 1.92 bits per heavy atom. The molecule has 0 bridgehead atoms. The molecule has 0 unspecified atom stereocenters. The minimum Gasteiger partial charge on any atom is -0.343 e. The first kappa shape index (κ1) is 17.6. The summed E-state index contributed by atoms with van der Waals surface area (Å²) in [5.41, 5.74) is 2.97. The molecule has 0 radical (unpaired) electrons. The molecule has 0 atom stereocenters. The lowest BCUT2D eigenvalue weighted by atomic mass is 10.1. The molecule has 2 aromatic rings. The van der Waals surface area contributed by atoms with Gasteiger partial charge in [0, 0.05) is 22.6 Å². The summed E-state index contributed by atoms with van der Waals surface area (Å²) in [6, 6.07) is 14.3. The van der Waals surface area contributed by atoms with Crippen LogP contribution in [0.25, 0.3) is 0 Å². The molecule has 0 aliphatic carbocycles. The molecule has 2 amide bonds. The van der Waals surface area contributed by atoms with Gasteiger partial charge in [0.05, 0.1) is 6.54 Å². The van der Waals surface area contributed by atoms with Gasteiger partial charge >= 0.3 is 0 Å². The van der Waals surface area contributed by atoms with E-state index in [0.29, 0.717) is 16.8 Å². The maximum atomic E-state index is 12.0. The molecule has 4 nitrogen and oxygen atoms in total. The first-order valence-corrected chi connectivity index (χ1v) is 8.74. The van der Waals surface area contributed by atoms with E-state index in [4.69, 9.17) is 6.42 Å². The van der Waals surface area contributed by atoms with Gasteiger partial charge in [-0.05, 0) is 42.2 Å². The lowest BCUT2D eigenvalue weighted by molar-refractivity contribution is -0.115. The minimum absolute atomic E-state index is 0.105. The van der Waals surface area contributed by atoms with Gasteiger partial charge < -0.3 is 10.6 Å². The summed E-state index contributed by atoms with van der Waals surface area (Å²) < 4.78 is 0. The Labute approximate surface area is 146 Å². The number of benzene rings is 2. The quantitative estimate of drug-likeness (QED) is 0.796. The van der Waals surface area contributed by atoms with Crippen molar-refractivity contribution in [3.8, 4) is 12.3 Å².